The lowest BCUT2D eigenvalue weighted by molar-refractivity contribution is -0.114. The molecule has 4 rings (SSSR count). The van der Waals surface area contributed by atoms with Gasteiger partial charge in [0.2, 0.25) is 5.91 Å². The van der Waals surface area contributed by atoms with Crippen molar-refractivity contribution >= 4 is 46.9 Å². The monoisotopic (exact) mass is 535 g/mol. The highest BCUT2D eigenvalue weighted by atomic mass is 32.2. The highest BCUT2D eigenvalue weighted by molar-refractivity contribution is 8.00. The first-order valence-corrected chi connectivity index (χ1v) is 13.4. The minimum absolute atomic E-state index is 0.114. The predicted octanol–water partition coefficient (Wildman–Crippen LogP) is 6.44. The normalized spacial score (nSPS) is 11.0. The molecular formula is C32H29N3O3S. The molecule has 0 heterocycles. The number of amides is 3. The van der Waals surface area contributed by atoms with Gasteiger partial charge in [-0.2, -0.15) is 0 Å². The third-order valence-electron chi connectivity index (χ3n) is 5.68. The van der Waals surface area contributed by atoms with Crippen molar-refractivity contribution in [3.63, 3.8) is 0 Å². The van der Waals surface area contributed by atoms with E-state index < -0.39 is 5.91 Å². The average Bonchev–Trinajstić information content (AvgIpc) is 2.93. The van der Waals surface area contributed by atoms with Gasteiger partial charge in [-0.3, -0.25) is 14.4 Å². The molecule has 4 aromatic carbocycles. The average molecular weight is 536 g/mol. The smallest absolute Gasteiger partial charge is 0.272 e. The predicted molar refractivity (Wildman–Crippen MR) is 159 cm³/mol. The van der Waals surface area contributed by atoms with Gasteiger partial charge in [-0.15, -0.1) is 11.8 Å². The summed E-state index contributed by atoms with van der Waals surface area (Å²) in [7, 11) is 0. The largest absolute Gasteiger partial charge is 0.325 e. The van der Waals surface area contributed by atoms with Gasteiger partial charge in [0.1, 0.15) is 5.70 Å². The molecule has 0 spiro atoms. The molecule has 0 atom stereocenters. The first kappa shape index (κ1) is 27.4. The van der Waals surface area contributed by atoms with E-state index in [-0.39, 0.29) is 23.3 Å². The Kier molecular flexibility index (Phi) is 9.32. The van der Waals surface area contributed by atoms with E-state index in [1.54, 1.807) is 42.5 Å². The fraction of sp³-hybridized carbons (Fsp3) is 0.0938. The first-order valence-electron chi connectivity index (χ1n) is 12.4. The van der Waals surface area contributed by atoms with E-state index in [0.717, 1.165) is 27.3 Å². The van der Waals surface area contributed by atoms with Crippen LogP contribution in [0.1, 0.15) is 27.0 Å². The van der Waals surface area contributed by atoms with Crippen LogP contribution in [-0.4, -0.2) is 23.5 Å². The van der Waals surface area contributed by atoms with E-state index >= 15 is 0 Å². The number of thioether (sulfide) groups is 1. The van der Waals surface area contributed by atoms with Crippen LogP contribution in [-0.2, 0) is 9.59 Å². The van der Waals surface area contributed by atoms with Gasteiger partial charge in [-0.25, -0.2) is 0 Å². The van der Waals surface area contributed by atoms with Crippen LogP contribution in [0.3, 0.4) is 0 Å². The zero-order valence-corrected chi connectivity index (χ0v) is 22.5. The minimum Gasteiger partial charge on any atom is -0.325 e. The lowest BCUT2D eigenvalue weighted by Crippen LogP contribution is -2.30. The van der Waals surface area contributed by atoms with Gasteiger partial charge in [-0.1, -0.05) is 66.2 Å². The van der Waals surface area contributed by atoms with Crippen LogP contribution in [0.2, 0.25) is 0 Å². The first-order chi connectivity index (χ1) is 18.9. The highest BCUT2D eigenvalue weighted by Crippen LogP contribution is 2.23. The van der Waals surface area contributed by atoms with Crippen molar-refractivity contribution in [3.05, 3.63) is 131 Å². The van der Waals surface area contributed by atoms with Crippen LogP contribution in [0.4, 0.5) is 11.4 Å². The maximum Gasteiger partial charge on any atom is 0.272 e. The summed E-state index contributed by atoms with van der Waals surface area (Å²) in [6.45, 7) is 3.95. The summed E-state index contributed by atoms with van der Waals surface area (Å²) < 4.78 is 0. The zero-order chi connectivity index (χ0) is 27.6. The van der Waals surface area contributed by atoms with Crippen molar-refractivity contribution < 1.29 is 14.4 Å². The van der Waals surface area contributed by atoms with E-state index in [9.17, 15) is 14.4 Å². The maximum atomic E-state index is 13.3. The van der Waals surface area contributed by atoms with Crippen LogP contribution >= 0.6 is 11.8 Å². The van der Waals surface area contributed by atoms with Gasteiger partial charge in [0, 0.05) is 21.8 Å². The summed E-state index contributed by atoms with van der Waals surface area (Å²) in [4.78, 5) is 39.4. The molecule has 3 amide bonds. The Balaban J connectivity index is 1.44. The highest BCUT2D eigenvalue weighted by Gasteiger charge is 2.15. The fourth-order valence-electron chi connectivity index (χ4n) is 3.70. The molecule has 4 aromatic rings. The molecular weight excluding hydrogens is 506 g/mol. The number of carbonyl (C=O) groups is 3. The molecule has 7 heteroatoms. The Morgan fingerprint density at radius 3 is 2.13 bits per heavy atom. The lowest BCUT2D eigenvalue weighted by Gasteiger charge is -2.12. The van der Waals surface area contributed by atoms with E-state index in [0.29, 0.717) is 11.3 Å². The number of hydrogen-bond acceptors (Lipinski definition) is 4. The van der Waals surface area contributed by atoms with Crippen molar-refractivity contribution in [2.45, 2.75) is 18.7 Å². The van der Waals surface area contributed by atoms with Crippen molar-refractivity contribution in [2.75, 3.05) is 16.4 Å². The van der Waals surface area contributed by atoms with Gasteiger partial charge >= 0.3 is 0 Å². The van der Waals surface area contributed by atoms with Crippen molar-refractivity contribution in [3.8, 4) is 0 Å². The van der Waals surface area contributed by atoms with Crippen LogP contribution in [0.15, 0.2) is 114 Å². The molecule has 0 unspecified atom stereocenters. The summed E-state index contributed by atoms with van der Waals surface area (Å²) >= 11 is 1.37. The summed E-state index contributed by atoms with van der Waals surface area (Å²) in [5, 5.41) is 8.51. The zero-order valence-electron chi connectivity index (χ0n) is 21.7. The Morgan fingerprint density at radius 2 is 1.41 bits per heavy atom. The number of benzene rings is 4. The second-order valence-electron chi connectivity index (χ2n) is 8.98. The van der Waals surface area contributed by atoms with Crippen molar-refractivity contribution in [2.24, 2.45) is 0 Å². The topological polar surface area (TPSA) is 87.3 Å². The summed E-state index contributed by atoms with van der Waals surface area (Å²) in [5.74, 6) is -0.740. The molecule has 0 saturated carbocycles. The molecule has 0 aliphatic carbocycles. The van der Waals surface area contributed by atoms with E-state index in [2.05, 4.69) is 16.0 Å². The quantitative estimate of drug-likeness (QED) is 0.170. The van der Waals surface area contributed by atoms with Gasteiger partial charge in [0.15, 0.2) is 0 Å². The van der Waals surface area contributed by atoms with Crippen LogP contribution in [0, 0.1) is 13.8 Å². The molecule has 0 fully saturated rings. The van der Waals surface area contributed by atoms with Crippen LogP contribution in [0.25, 0.3) is 6.08 Å². The maximum absolute atomic E-state index is 13.3. The number of anilines is 2. The number of carbonyl (C=O) groups excluding carboxylic acids is 3. The van der Waals surface area contributed by atoms with Crippen molar-refractivity contribution in [1.82, 2.24) is 5.32 Å². The standard InChI is InChI=1S/C32H29N3O3S/c1-22-14-16-24(17-15-22)19-29(35-31(37)25-9-4-3-5-10-25)32(38)34-27-12-7-13-28(20-27)39-21-30(36)33-26-11-6-8-23(2)18-26/h3-20H,21H2,1-2H3,(H,33,36)(H,34,38)(H,35,37)/b29-19-. The SMILES string of the molecule is Cc1ccc(/C=C(\NC(=O)c2ccccc2)C(=O)Nc2cccc(SCC(=O)Nc3cccc(C)c3)c2)cc1. The van der Waals surface area contributed by atoms with E-state index in [4.69, 9.17) is 0 Å². The lowest BCUT2D eigenvalue weighted by atomic mass is 10.1. The second kappa shape index (κ2) is 13.3. The van der Waals surface area contributed by atoms with E-state index in [1.165, 1.54) is 11.8 Å². The minimum atomic E-state index is -0.459. The Morgan fingerprint density at radius 1 is 0.718 bits per heavy atom. The number of hydrogen-bond donors (Lipinski definition) is 3. The van der Waals surface area contributed by atoms with Crippen LogP contribution in [0.5, 0.6) is 0 Å². The number of aryl methyl sites for hydroxylation is 2. The Hall–Kier alpha value is -4.62. The Bertz CT molecular complexity index is 1500. The summed E-state index contributed by atoms with van der Waals surface area (Å²) in [6.07, 6.45) is 1.64. The van der Waals surface area contributed by atoms with Gasteiger partial charge in [0.05, 0.1) is 5.75 Å². The molecule has 6 nitrogen and oxygen atoms in total. The number of rotatable bonds is 9. The molecule has 0 aromatic heterocycles. The van der Waals surface area contributed by atoms with Crippen LogP contribution < -0.4 is 16.0 Å². The fourth-order valence-corrected chi connectivity index (χ4v) is 4.46. The van der Waals surface area contributed by atoms with E-state index in [1.807, 2.05) is 80.6 Å². The third-order valence-corrected chi connectivity index (χ3v) is 6.67. The summed E-state index contributed by atoms with van der Waals surface area (Å²) in [6, 6.07) is 31.3. The second-order valence-corrected chi connectivity index (χ2v) is 10.0. The molecule has 3 N–H and O–H groups in total. The molecule has 196 valence electrons. The third kappa shape index (κ3) is 8.45. The molecule has 39 heavy (non-hydrogen) atoms. The van der Waals surface area contributed by atoms with Crippen molar-refractivity contribution in [1.29, 1.82) is 0 Å². The molecule has 0 aliphatic rings. The molecule has 0 saturated heterocycles. The molecule has 0 radical (unpaired) electrons. The van der Waals surface area contributed by atoms with Gasteiger partial charge in [0.25, 0.3) is 11.8 Å². The van der Waals surface area contributed by atoms with Gasteiger partial charge < -0.3 is 16.0 Å². The molecule has 0 bridgehead atoms. The molecule has 0 aliphatic heterocycles. The van der Waals surface area contributed by atoms with Gasteiger partial charge in [-0.05, 0) is 73.5 Å². The number of nitrogens with one attached hydrogen (secondary N) is 3. The Labute approximate surface area is 232 Å². The summed E-state index contributed by atoms with van der Waals surface area (Å²) in [5.41, 5.74) is 4.81.